The first kappa shape index (κ1) is 12.2. The second-order valence-corrected chi connectivity index (χ2v) is 4.20. The van der Waals surface area contributed by atoms with Crippen LogP contribution in [0.5, 0.6) is 0 Å². The van der Waals surface area contributed by atoms with Crippen molar-refractivity contribution in [3.63, 3.8) is 0 Å². The van der Waals surface area contributed by atoms with Crippen LogP contribution in [0, 0.1) is 0 Å². The highest BCUT2D eigenvalue weighted by molar-refractivity contribution is 6.18. The topological polar surface area (TPSA) is 37.8 Å². The van der Waals surface area contributed by atoms with Crippen LogP contribution in [-0.2, 0) is 0 Å². The maximum absolute atomic E-state index is 5.81. The third kappa shape index (κ3) is 3.67. The van der Waals surface area contributed by atoms with E-state index in [9.17, 15) is 0 Å². The SMILES string of the molecule is CCC(CCl)Nc1cc(C(C)C)ncn1. The van der Waals surface area contributed by atoms with Gasteiger partial charge in [-0.2, -0.15) is 0 Å². The second kappa shape index (κ2) is 5.91. The summed E-state index contributed by atoms with van der Waals surface area (Å²) >= 11 is 5.81. The molecule has 1 rings (SSSR count). The summed E-state index contributed by atoms with van der Waals surface area (Å²) in [5.74, 6) is 1.88. The maximum Gasteiger partial charge on any atom is 0.129 e. The molecule has 0 aliphatic carbocycles. The van der Waals surface area contributed by atoms with Crippen LogP contribution in [0.2, 0.25) is 0 Å². The minimum Gasteiger partial charge on any atom is -0.366 e. The van der Waals surface area contributed by atoms with Gasteiger partial charge < -0.3 is 5.32 Å². The number of halogens is 1. The molecule has 0 aliphatic rings. The van der Waals surface area contributed by atoms with E-state index < -0.39 is 0 Å². The molecule has 1 N–H and O–H groups in total. The summed E-state index contributed by atoms with van der Waals surface area (Å²) in [6.07, 6.45) is 2.59. The summed E-state index contributed by atoms with van der Waals surface area (Å²) in [4.78, 5) is 8.39. The lowest BCUT2D eigenvalue weighted by atomic mass is 10.1. The lowest BCUT2D eigenvalue weighted by Gasteiger charge is -2.15. The summed E-state index contributed by atoms with van der Waals surface area (Å²) in [5, 5.41) is 3.29. The van der Waals surface area contributed by atoms with E-state index in [1.165, 1.54) is 0 Å². The standard InChI is InChI=1S/C11H18ClN3/c1-4-9(6-12)15-11-5-10(8(2)3)13-7-14-11/h5,7-9H,4,6H2,1-3H3,(H,13,14,15). The Kier molecular flexibility index (Phi) is 4.82. The van der Waals surface area contributed by atoms with Gasteiger partial charge in [-0.3, -0.25) is 0 Å². The molecule has 3 nitrogen and oxygen atoms in total. The van der Waals surface area contributed by atoms with Crippen LogP contribution in [-0.4, -0.2) is 21.9 Å². The Labute approximate surface area is 96.3 Å². The largest absolute Gasteiger partial charge is 0.366 e. The van der Waals surface area contributed by atoms with Crippen LogP contribution in [0.4, 0.5) is 5.82 Å². The first-order valence-electron chi connectivity index (χ1n) is 5.31. The second-order valence-electron chi connectivity index (χ2n) is 3.89. The third-order valence-electron chi connectivity index (χ3n) is 2.31. The molecule has 4 heteroatoms. The van der Waals surface area contributed by atoms with Crippen molar-refractivity contribution in [2.75, 3.05) is 11.2 Å². The number of nitrogens with zero attached hydrogens (tertiary/aromatic N) is 2. The van der Waals surface area contributed by atoms with Gasteiger partial charge in [0.25, 0.3) is 0 Å². The summed E-state index contributed by atoms with van der Waals surface area (Å²) in [5.41, 5.74) is 1.05. The van der Waals surface area contributed by atoms with Gasteiger partial charge in [0.15, 0.2) is 0 Å². The van der Waals surface area contributed by atoms with E-state index in [-0.39, 0.29) is 6.04 Å². The minimum atomic E-state index is 0.279. The van der Waals surface area contributed by atoms with Crippen molar-refractivity contribution in [2.24, 2.45) is 0 Å². The zero-order chi connectivity index (χ0) is 11.3. The normalized spacial score (nSPS) is 12.9. The molecule has 0 amide bonds. The molecule has 15 heavy (non-hydrogen) atoms. The molecule has 84 valence electrons. The molecule has 0 fully saturated rings. The Hall–Kier alpha value is -0.830. The number of anilines is 1. The maximum atomic E-state index is 5.81. The van der Waals surface area contributed by atoms with Crippen molar-refractivity contribution in [3.8, 4) is 0 Å². The van der Waals surface area contributed by atoms with Crippen molar-refractivity contribution in [3.05, 3.63) is 18.1 Å². The van der Waals surface area contributed by atoms with E-state index in [0.717, 1.165) is 17.9 Å². The van der Waals surface area contributed by atoms with Gasteiger partial charge in [-0.1, -0.05) is 20.8 Å². The molecule has 0 saturated carbocycles. The number of aromatic nitrogens is 2. The van der Waals surface area contributed by atoms with Gasteiger partial charge in [-0.15, -0.1) is 11.6 Å². The van der Waals surface area contributed by atoms with Crippen molar-refractivity contribution >= 4 is 17.4 Å². The molecule has 0 aromatic carbocycles. The summed E-state index contributed by atoms with van der Waals surface area (Å²) in [7, 11) is 0. The van der Waals surface area contributed by atoms with E-state index in [0.29, 0.717) is 11.8 Å². The Balaban J connectivity index is 2.72. The van der Waals surface area contributed by atoms with Crippen LogP contribution >= 0.6 is 11.6 Å². The quantitative estimate of drug-likeness (QED) is 0.786. The lowest BCUT2D eigenvalue weighted by molar-refractivity contribution is 0.759. The summed E-state index contributed by atoms with van der Waals surface area (Å²) in [6, 6.07) is 2.27. The van der Waals surface area contributed by atoms with E-state index in [2.05, 4.69) is 36.1 Å². The molecular formula is C11H18ClN3. The highest BCUT2D eigenvalue weighted by atomic mass is 35.5. The van der Waals surface area contributed by atoms with Crippen LogP contribution in [0.25, 0.3) is 0 Å². The number of hydrogen-bond acceptors (Lipinski definition) is 3. The number of rotatable bonds is 5. The van der Waals surface area contributed by atoms with Crippen LogP contribution in [0.3, 0.4) is 0 Å². The molecular weight excluding hydrogens is 210 g/mol. The van der Waals surface area contributed by atoms with Gasteiger partial charge in [0, 0.05) is 23.7 Å². The molecule has 0 radical (unpaired) electrons. The average Bonchev–Trinajstić information content (AvgIpc) is 2.26. The Morgan fingerprint density at radius 3 is 2.67 bits per heavy atom. The van der Waals surface area contributed by atoms with E-state index >= 15 is 0 Å². The fourth-order valence-electron chi connectivity index (χ4n) is 1.23. The van der Waals surface area contributed by atoms with Crippen molar-refractivity contribution in [1.29, 1.82) is 0 Å². The smallest absolute Gasteiger partial charge is 0.129 e. The molecule has 0 aliphatic heterocycles. The lowest BCUT2D eigenvalue weighted by Crippen LogP contribution is -2.21. The molecule has 1 aromatic heterocycles. The Bertz CT molecular complexity index is 298. The van der Waals surface area contributed by atoms with E-state index in [4.69, 9.17) is 11.6 Å². The van der Waals surface area contributed by atoms with Gasteiger partial charge in [-0.05, 0) is 12.3 Å². The zero-order valence-electron chi connectivity index (χ0n) is 9.50. The third-order valence-corrected chi connectivity index (χ3v) is 2.68. The van der Waals surface area contributed by atoms with Crippen molar-refractivity contribution < 1.29 is 0 Å². The zero-order valence-corrected chi connectivity index (χ0v) is 10.3. The predicted octanol–water partition coefficient (Wildman–Crippen LogP) is 3.03. The Morgan fingerprint density at radius 1 is 1.40 bits per heavy atom. The Morgan fingerprint density at radius 2 is 2.13 bits per heavy atom. The summed E-state index contributed by atoms with van der Waals surface area (Å²) in [6.45, 7) is 6.33. The highest BCUT2D eigenvalue weighted by Gasteiger charge is 2.07. The van der Waals surface area contributed by atoms with Crippen LogP contribution in [0.15, 0.2) is 12.4 Å². The van der Waals surface area contributed by atoms with Gasteiger partial charge >= 0.3 is 0 Å². The van der Waals surface area contributed by atoms with E-state index in [1.54, 1.807) is 6.33 Å². The highest BCUT2D eigenvalue weighted by Crippen LogP contribution is 2.14. The molecule has 1 atom stereocenters. The predicted molar refractivity (Wildman–Crippen MR) is 64.5 cm³/mol. The van der Waals surface area contributed by atoms with Crippen molar-refractivity contribution in [2.45, 2.75) is 39.2 Å². The summed E-state index contributed by atoms with van der Waals surface area (Å²) < 4.78 is 0. The minimum absolute atomic E-state index is 0.279. The monoisotopic (exact) mass is 227 g/mol. The van der Waals surface area contributed by atoms with Crippen LogP contribution in [0.1, 0.15) is 38.8 Å². The van der Waals surface area contributed by atoms with E-state index in [1.807, 2.05) is 6.07 Å². The van der Waals surface area contributed by atoms with Gasteiger partial charge in [0.05, 0.1) is 0 Å². The molecule has 0 spiro atoms. The van der Waals surface area contributed by atoms with Crippen molar-refractivity contribution in [1.82, 2.24) is 9.97 Å². The van der Waals surface area contributed by atoms with Gasteiger partial charge in [0.2, 0.25) is 0 Å². The molecule has 1 aromatic rings. The number of hydrogen-bond donors (Lipinski definition) is 1. The fraction of sp³-hybridized carbons (Fsp3) is 0.636. The fourth-order valence-corrected chi connectivity index (χ4v) is 1.52. The molecule has 1 heterocycles. The average molecular weight is 228 g/mol. The van der Waals surface area contributed by atoms with Gasteiger partial charge in [-0.25, -0.2) is 9.97 Å². The number of alkyl halides is 1. The molecule has 0 saturated heterocycles. The first-order valence-corrected chi connectivity index (χ1v) is 5.85. The number of nitrogens with one attached hydrogen (secondary N) is 1. The molecule has 1 unspecified atom stereocenters. The first-order chi connectivity index (χ1) is 7.17. The molecule has 0 bridgehead atoms. The van der Waals surface area contributed by atoms with Crippen LogP contribution < -0.4 is 5.32 Å². The van der Waals surface area contributed by atoms with Gasteiger partial charge in [0.1, 0.15) is 12.1 Å².